The third kappa shape index (κ3) is 5.11. The standard InChI is InChI=1S/C24H23N5O/c1-2-19-10-6-7-11-22(19)27-23-16-25-29-24(28-23)26-20-12-14-21(15-13-20)30-17-18-8-4-3-5-9-18/h3-16H,2,17H2,1H3,(H2,26,27,28,29). The Kier molecular flexibility index (Phi) is 6.15. The van der Waals surface area contributed by atoms with E-state index in [1.54, 1.807) is 6.20 Å². The van der Waals surface area contributed by atoms with Gasteiger partial charge in [0.2, 0.25) is 5.95 Å². The summed E-state index contributed by atoms with van der Waals surface area (Å²) in [5.41, 5.74) is 4.23. The summed E-state index contributed by atoms with van der Waals surface area (Å²) in [6, 6.07) is 25.9. The second-order valence-electron chi connectivity index (χ2n) is 6.72. The maximum Gasteiger partial charge on any atom is 0.249 e. The van der Waals surface area contributed by atoms with Crippen LogP contribution in [0.15, 0.2) is 85.1 Å². The van der Waals surface area contributed by atoms with E-state index < -0.39 is 0 Å². The van der Waals surface area contributed by atoms with Gasteiger partial charge in [0.15, 0.2) is 5.82 Å². The van der Waals surface area contributed by atoms with Crippen LogP contribution in [0.25, 0.3) is 0 Å². The minimum atomic E-state index is 0.423. The lowest BCUT2D eigenvalue weighted by molar-refractivity contribution is 0.306. The van der Waals surface area contributed by atoms with Gasteiger partial charge in [-0.3, -0.25) is 0 Å². The molecule has 0 saturated carbocycles. The number of para-hydroxylation sites is 1. The predicted molar refractivity (Wildman–Crippen MR) is 119 cm³/mol. The second kappa shape index (κ2) is 9.52. The largest absolute Gasteiger partial charge is 0.489 e. The average molecular weight is 397 g/mol. The quantitative estimate of drug-likeness (QED) is 0.409. The van der Waals surface area contributed by atoms with E-state index in [1.807, 2.05) is 72.8 Å². The molecule has 2 N–H and O–H groups in total. The van der Waals surface area contributed by atoms with Gasteiger partial charge in [-0.05, 0) is 47.9 Å². The van der Waals surface area contributed by atoms with Crippen molar-refractivity contribution in [2.45, 2.75) is 20.0 Å². The Hall–Kier alpha value is -3.93. The first-order valence-corrected chi connectivity index (χ1v) is 9.88. The predicted octanol–water partition coefficient (Wildman–Crippen LogP) is 5.50. The topological polar surface area (TPSA) is 72.0 Å². The van der Waals surface area contributed by atoms with Crippen molar-refractivity contribution in [1.82, 2.24) is 15.2 Å². The Morgan fingerprint density at radius 3 is 2.40 bits per heavy atom. The van der Waals surface area contributed by atoms with Gasteiger partial charge in [-0.1, -0.05) is 55.5 Å². The monoisotopic (exact) mass is 397 g/mol. The van der Waals surface area contributed by atoms with E-state index in [4.69, 9.17) is 4.74 Å². The molecule has 1 heterocycles. The second-order valence-corrected chi connectivity index (χ2v) is 6.72. The van der Waals surface area contributed by atoms with Gasteiger partial charge in [0, 0.05) is 11.4 Å². The number of anilines is 4. The van der Waals surface area contributed by atoms with Crippen LogP contribution in [0, 0.1) is 0 Å². The number of rotatable bonds is 8. The van der Waals surface area contributed by atoms with Gasteiger partial charge in [-0.15, -0.1) is 5.10 Å². The van der Waals surface area contributed by atoms with Crippen LogP contribution in [0.3, 0.4) is 0 Å². The van der Waals surface area contributed by atoms with Gasteiger partial charge in [0.05, 0.1) is 6.20 Å². The van der Waals surface area contributed by atoms with E-state index >= 15 is 0 Å². The van der Waals surface area contributed by atoms with Gasteiger partial charge in [-0.2, -0.15) is 10.1 Å². The lowest BCUT2D eigenvalue weighted by atomic mass is 10.1. The molecule has 0 saturated heterocycles. The van der Waals surface area contributed by atoms with E-state index in [0.717, 1.165) is 29.1 Å². The normalized spacial score (nSPS) is 10.4. The van der Waals surface area contributed by atoms with Crippen molar-refractivity contribution in [3.8, 4) is 5.75 Å². The summed E-state index contributed by atoms with van der Waals surface area (Å²) in [7, 11) is 0. The number of aromatic nitrogens is 3. The zero-order valence-electron chi connectivity index (χ0n) is 16.7. The van der Waals surface area contributed by atoms with Crippen LogP contribution in [0.2, 0.25) is 0 Å². The molecule has 6 heteroatoms. The Morgan fingerprint density at radius 2 is 1.60 bits per heavy atom. The summed E-state index contributed by atoms with van der Waals surface area (Å²) in [6.07, 6.45) is 2.55. The molecule has 150 valence electrons. The van der Waals surface area contributed by atoms with Crippen molar-refractivity contribution in [3.05, 3.63) is 96.2 Å². The van der Waals surface area contributed by atoms with E-state index in [9.17, 15) is 0 Å². The van der Waals surface area contributed by atoms with Crippen LogP contribution < -0.4 is 15.4 Å². The zero-order valence-corrected chi connectivity index (χ0v) is 16.7. The van der Waals surface area contributed by atoms with E-state index in [-0.39, 0.29) is 0 Å². The van der Waals surface area contributed by atoms with Gasteiger partial charge < -0.3 is 15.4 Å². The summed E-state index contributed by atoms with van der Waals surface area (Å²) in [5.74, 6) is 1.86. The van der Waals surface area contributed by atoms with Gasteiger partial charge >= 0.3 is 0 Å². The average Bonchev–Trinajstić information content (AvgIpc) is 2.80. The molecule has 0 atom stereocenters. The van der Waals surface area contributed by atoms with Crippen LogP contribution in [-0.4, -0.2) is 15.2 Å². The fourth-order valence-corrected chi connectivity index (χ4v) is 3.01. The Balaban J connectivity index is 1.39. The Labute approximate surface area is 176 Å². The summed E-state index contributed by atoms with van der Waals surface area (Å²) in [4.78, 5) is 4.51. The molecule has 4 rings (SSSR count). The summed E-state index contributed by atoms with van der Waals surface area (Å²) in [5, 5.41) is 14.6. The fourth-order valence-electron chi connectivity index (χ4n) is 3.01. The maximum atomic E-state index is 5.82. The minimum absolute atomic E-state index is 0.423. The summed E-state index contributed by atoms with van der Waals surface area (Å²) >= 11 is 0. The molecule has 4 aromatic rings. The highest BCUT2D eigenvalue weighted by Crippen LogP contribution is 2.22. The van der Waals surface area contributed by atoms with Crippen LogP contribution in [-0.2, 0) is 13.0 Å². The maximum absolute atomic E-state index is 5.82. The fraction of sp³-hybridized carbons (Fsp3) is 0.125. The van der Waals surface area contributed by atoms with Gasteiger partial charge in [0.25, 0.3) is 0 Å². The molecule has 3 aromatic carbocycles. The first-order valence-electron chi connectivity index (χ1n) is 9.88. The lowest BCUT2D eigenvalue weighted by Gasteiger charge is -2.11. The SMILES string of the molecule is CCc1ccccc1Nc1cnnc(Nc2ccc(OCc3ccccc3)cc2)n1. The van der Waals surface area contributed by atoms with E-state index in [2.05, 4.69) is 38.8 Å². The first kappa shape index (κ1) is 19.4. The molecular weight excluding hydrogens is 374 g/mol. The molecule has 30 heavy (non-hydrogen) atoms. The van der Waals surface area contributed by atoms with Crippen molar-refractivity contribution in [2.24, 2.45) is 0 Å². The Bertz CT molecular complexity index is 1080. The van der Waals surface area contributed by atoms with Gasteiger partial charge in [0.1, 0.15) is 12.4 Å². The molecule has 0 amide bonds. The number of hydrogen-bond acceptors (Lipinski definition) is 6. The van der Waals surface area contributed by atoms with Crippen molar-refractivity contribution in [1.29, 1.82) is 0 Å². The van der Waals surface area contributed by atoms with Crippen molar-refractivity contribution in [3.63, 3.8) is 0 Å². The summed E-state index contributed by atoms with van der Waals surface area (Å²) < 4.78 is 5.82. The number of aryl methyl sites for hydroxylation is 1. The molecule has 6 nitrogen and oxygen atoms in total. The molecule has 0 radical (unpaired) electrons. The number of nitrogens with one attached hydrogen (secondary N) is 2. The molecule has 1 aromatic heterocycles. The molecule has 0 bridgehead atoms. The lowest BCUT2D eigenvalue weighted by Crippen LogP contribution is -2.03. The minimum Gasteiger partial charge on any atom is -0.489 e. The highest BCUT2D eigenvalue weighted by molar-refractivity contribution is 5.61. The highest BCUT2D eigenvalue weighted by atomic mass is 16.5. The van der Waals surface area contributed by atoms with E-state index in [0.29, 0.717) is 18.4 Å². The third-order valence-corrected chi connectivity index (χ3v) is 4.58. The molecule has 0 aliphatic rings. The number of hydrogen-bond donors (Lipinski definition) is 2. The van der Waals surface area contributed by atoms with Gasteiger partial charge in [-0.25, -0.2) is 0 Å². The Morgan fingerprint density at radius 1 is 0.833 bits per heavy atom. The smallest absolute Gasteiger partial charge is 0.249 e. The van der Waals surface area contributed by atoms with Crippen LogP contribution in [0.4, 0.5) is 23.1 Å². The number of ether oxygens (including phenoxy) is 1. The van der Waals surface area contributed by atoms with Crippen molar-refractivity contribution >= 4 is 23.1 Å². The van der Waals surface area contributed by atoms with E-state index in [1.165, 1.54) is 5.56 Å². The number of benzene rings is 3. The molecule has 0 aliphatic carbocycles. The molecule has 0 fully saturated rings. The van der Waals surface area contributed by atoms with Crippen LogP contribution in [0.5, 0.6) is 5.75 Å². The van der Waals surface area contributed by atoms with Crippen molar-refractivity contribution in [2.75, 3.05) is 10.6 Å². The zero-order chi connectivity index (χ0) is 20.6. The third-order valence-electron chi connectivity index (χ3n) is 4.58. The highest BCUT2D eigenvalue weighted by Gasteiger charge is 2.05. The molecule has 0 aliphatic heterocycles. The number of nitrogens with zero attached hydrogens (tertiary/aromatic N) is 3. The molecule has 0 unspecified atom stereocenters. The molecule has 0 spiro atoms. The first-order chi connectivity index (χ1) is 14.8. The van der Waals surface area contributed by atoms with Crippen molar-refractivity contribution < 1.29 is 4.74 Å². The molecular formula is C24H23N5O. The van der Waals surface area contributed by atoms with Crippen LogP contribution in [0.1, 0.15) is 18.1 Å². The summed E-state index contributed by atoms with van der Waals surface area (Å²) in [6.45, 7) is 2.66. The van der Waals surface area contributed by atoms with Crippen LogP contribution >= 0.6 is 0 Å².